The summed E-state index contributed by atoms with van der Waals surface area (Å²) in [6, 6.07) is 46.1. The number of hydrogen-bond acceptors (Lipinski definition) is 10. The Labute approximate surface area is 421 Å². The molecule has 6 aromatic carbocycles. The van der Waals surface area contributed by atoms with E-state index in [9.17, 15) is 8.78 Å². The number of para-hydroxylation sites is 2. The maximum absolute atomic E-state index is 14.3. The standard InChI is InChI=1S/2C29H31FN6/c2*1-22-9-6-10-23(2)27(22)36-29(31-32-33-36)28(25-14-7-15-26(30)21-25)35-19-17-34(18-20-35)16-8-13-24-11-4-3-5-12-24/h2*3-15,21,28H,16-20H2,1-2H3/b2*13-8+/t2*28-/m10/s1. The minimum absolute atomic E-state index is 0.253. The molecule has 14 heteroatoms. The Balaban J connectivity index is 0.000000178. The molecule has 10 rings (SSSR count). The molecule has 0 amide bonds. The van der Waals surface area contributed by atoms with Crippen molar-refractivity contribution in [3.8, 4) is 11.4 Å². The normalized spacial score (nSPS) is 16.0. The van der Waals surface area contributed by atoms with E-state index in [0.717, 1.165) is 110 Å². The van der Waals surface area contributed by atoms with E-state index in [0.29, 0.717) is 11.6 Å². The third-order valence-corrected chi connectivity index (χ3v) is 13.6. The van der Waals surface area contributed by atoms with Gasteiger partial charge in [0.2, 0.25) is 0 Å². The zero-order chi connectivity index (χ0) is 49.8. The molecule has 4 heterocycles. The molecule has 0 N–H and O–H groups in total. The third kappa shape index (κ3) is 12.0. The zero-order valence-electron chi connectivity index (χ0n) is 41.5. The van der Waals surface area contributed by atoms with Crippen LogP contribution in [0.25, 0.3) is 23.5 Å². The Morgan fingerprint density at radius 1 is 0.444 bits per heavy atom. The van der Waals surface area contributed by atoms with Gasteiger partial charge < -0.3 is 0 Å². The van der Waals surface area contributed by atoms with Crippen molar-refractivity contribution in [2.75, 3.05) is 65.4 Å². The van der Waals surface area contributed by atoms with Crippen molar-refractivity contribution in [3.63, 3.8) is 0 Å². The molecule has 0 unspecified atom stereocenters. The summed E-state index contributed by atoms with van der Waals surface area (Å²) < 4.78 is 32.3. The Morgan fingerprint density at radius 2 is 0.806 bits per heavy atom. The topological polar surface area (TPSA) is 100 Å². The maximum Gasteiger partial charge on any atom is 0.178 e. The molecule has 72 heavy (non-hydrogen) atoms. The Bertz CT molecular complexity index is 2820. The SMILES string of the molecule is Cc1cccc(C)c1-n1nnnc1[C@@H](c1cccc(F)c1)N1CCN(C/C=C/c2ccccc2)CC1.Cc1cccc(C)c1-n1nnnc1[C@H](c1cccc(F)c1)N1CCN(C/C=C/c2ccccc2)CC1. The van der Waals surface area contributed by atoms with Gasteiger partial charge in [0.05, 0.1) is 23.5 Å². The highest BCUT2D eigenvalue weighted by Crippen LogP contribution is 2.33. The van der Waals surface area contributed by atoms with E-state index in [-0.39, 0.29) is 23.7 Å². The first-order chi connectivity index (χ1) is 35.2. The summed E-state index contributed by atoms with van der Waals surface area (Å²) in [7, 11) is 0. The Kier molecular flexibility index (Phi) is 16.3. The minimum atomic E-state index is -0.256. The number of aryl methyl sites for hydroxylation is 4. The van der Waals surface area contributed by atoms with Crippen molar-refractivity contribution < 1.29 is 8.78 Å². The van der Waals surface area contributed by atoms with Crippen LogP contribution in [0, 0.1) is 39.3 Å². The highest BCUT2D eigenvalue weighted by Gasteiger charge is 2.33. The molecule has 2 aliphatic rings. The van der Waals surface area contributed by atoms with Crippen LogP contribution in [-0.4, -0.2) is 125 Å². The first-order valence-electron chi connectivity index (χ1n) is 24.8. The second kappa shape index (κ2) is 23.7. The van der Waals surface area contributed by atoms with Crippen molar-refractivity contribution in [1.29, 1.82) is 0 Å². The number of tetrazole rings is 2. The number of halogens is 2. The van der Waals surface area contributed by atoms with Gasteiger partial charge in [0, 0.05) is 65.4 Å². The Hall–Kier alpha value is -7.36. The van der Waals surface area contributed by atoms with Crippen LogP contribution in [-0.2, 0) is 0 Å². The van der Waals surface area contributed by atoms with Crippen LogP contribution in [0.5, 0.6) is 0 Å². The lowest BCUT2D eigenvalue weighted by Crippen LogP contribution is -2.48. The third-order valence-electron chi connectivity index (χ3n) is 13.6. The van der Waals surface area contributed by atoms with E-state index >= 15 is 0 Å². The summed E-state index contributed by atoms with van der Waals surface area (Å²) >= 11 is 0. The molecule has 0 aliphatic carbocycles. The van der Waals surface area contributed by atoms with Crippen molar-refractivity contribution in [2.24, 2.45) is 0 Å². The number of piperazine rings is 2. The van der Waals surface area contributed by atoms with Gasteiger partial charge in [0.15, 0.2) is 11.6 Å². The van der Waals surface area contributed by atoms with Gasteiger partial charge >= 0.3 is 0 Å². The van der Waals surface area contributed by atoms with E-state index in [2.05, 4.69) is 175 Å². The smallest absolute Gasteiger partial charge is 0.178 e. The molecule has 0 bridgehead atoms. The minimum Gasteiger partial charge on any atom is -0.297 e. The van der Waals surface area contributed by atoms with Crippen LogP contribution in [0.1, 0.15) is 68.2 Å². The van der Waals surface area contributed by atoms with Gasteiger partial charge in [-0.1, -0.05) is 146 Å². The molecule has 368 valence electrons. The van der Waals surface area contributed by atoms with Gasteiger partial charge in [-0.2, -0.15) is 9.36 Å². The molecule has 0 radical (unpaired) electrons. The largest absolute Gasteiger partial charge is 0.297 e. The Morgan fingerprint density at radius 3 is 1.17 bits per heavy atom. The molecule has 12 nitrogen and oxygen atoms in total. The lowest BCUT2D eigenvalue weighted by Gasteiger charge is -2.38. The fourth-order valence-electron chi connectivity index (χ4n) is 9.94. The number of hydrogen-bond donors (Lipinski definition) is 0. The molecule has 2 atom stereocenters. The lowest BCUT2D eigenvalue weighted by molar-refractivity contribution is 0.113. The van der Waals surface area contributed by atoms with Crippen LogP contribution >= 0.6 is 0 Å². The van der Waals surface area contributed by atoms with Crippen LogP contribution in [0.15, 0.2) is 158 Å². The molecule has 2 fully saturated rings. The lowest BCUT2D eigenvalue weighted by atomic mass is 10.0. The summed E-state index contributed by atoms with van der Waals surface area (Å²) in [6.07, 6.45) is 8.77. The summed E-state index contributed by atoms with van der Waals surface area (Å²) in [5, 5.41) is 25.8. The summed E-state index contributed by atoms with van der Waals surface area (Å²) in [6.45, 7) is 17.0. The average molecular weight is 965 g/mol. The number of rotatable bonds is 14. The summed E-state index contributed by atoms with van der Waals surface area (Å²) in [4.78, 5) is 9.60. The van der Waals surface area contributed by atoms with Gasteiger partial charge in [0.1, 0.15) is 11.6 Å². The van der Waals surface area contributed by atoms with Gasteiger partial charge in [-0.25, -0.2) is 8.78 Å². The monoisotopic (exact) mass is 965 g/mol. The fraction of sp³-hybridized carbons (Fsp3) is 0.276. The molecule has 2 saturated heterocycles. The van der Waals surface area contributed by atoms with Crippen LogP contribution in [0.4, 0.5) is 8.78 Å². The van der Waals surface area contributed by atoms with Crippen molar-refractivity contribution >= 4 is 12.2 Å². The number of benzene rings is 6. The van der Waals surface area contributed by atoms with E-state index in [1.807, 2.05) is 45.8 Å². The van der Waals surface area contributed by atoms with Crippen molar-refractivity contribution in [1.82, 2.24) is 60.0 Å². The van der Waals surface area contributed by atoms with Crippen LogP contribution in [0.2, 0.25) is 0 Å². The number of aromatic nitrogens is 8. The van der Waals surface area contributed by atoms with Gasteiger partial charge in [-0.15, -0.1) is 10.2 Å². The predicted molar refractivity (Wildman–Crippen MR) is 281 cm³/mol. The fourth-order valence-corrected chi connectivity index (χ4v) is 9.94. The van der Waals surface area contributed by atoms with Crippen molar-refractivity contribution in [2.45, 2.75) is 39.8 Å². The van der Waals surface area contributed by atoms with Gasteiger partial charge in [0.25, 0.3) is 0 Å². The second-order valence-electron chi connectivity index (χ2n) is 18.6. The quantitative estimate of drug-likeness (QED) is 0.105. The van der Waals surface area contributed by atoms with E-state index in [1.54, 1.807) is 24.3 Å². The van der Waals surface area contributed by atoms with Gasteiger partial charge in [-0.3, -0.25) is 19.6 Å². The first-order valence-corrected chi connectivity index (χ1v) is 24.8. The van der Waals surface area contributed by atoms with Gasteiger partial charge in [-0.05, 0) is 117 Å². The summed E-state index contributed by atoms with van der Waals surface area (Å²) in [5.41, 5.74) is 10.5. The summed E-state index contributed by atoms with van der Waals surface area (Å²) in [5.74, 6) is 0.896. The number of nitrogens with zero attached hydrogens (tertiary/aromatic N) is 12. The van der Waals surface area contributed by atoms with Crippen LogP contribution in [0.3, 0.4) is 0 Å². The van der Waals surface area contributed by atoms with E-state index in [1.165, 1.54) is 23.3 Å². The predicted octanol–water partition coefficient (Wildman–Crippen LogP) is 9.68. The zero-order valence-corrected chi connectivity index (χ0v) is 41.5. The molecule has 0 saturated carbocycles. The highest BCUT2D eigenvalue weighted by atomic mass is 19.1. The molecular formula is C58H62F2N12. The van der Waals surface area contributed by atoms with Crippen molar-refractivity contribution in [3.05, 3.63) is 226 Å². The maximum atomic E-state index is 14.3. The molecule has 8 aromatic rings. The molecule has 2 aromatic heterocycles. The molecule has 0 spiro atoms. The van der Waals surface area contributed by atoms with E-state index in [4.69, 9.17) is 0 Å². The average Bonchev–Trinajstić information content (AvgIpc) is 4.06. The molecule has 2 aliphatic heterocycles. The first kappa shape index (κ1) is 49.6. The molecular weight excluding hydrogens is 903 g/mol. The van der Waals surface area contributed by atoms with E-state index < -0.39 is 0 Å². The van der Waals surface area contributed by atoms with Crippen LogP contribution < -0.4 is 0 Å². The highest BCUT2D eigenvalue weighted by molar-refractivity contribution is 5.51. The second-order valence-corrected chi connectivity index (χ2v) is 18.6.